The average Bonchev–Trinajstić information content (AvgIpc) is 2.69. The van der Waals surface area contributed by atoms with Crippen molar-refractivity contribution in [3.05, 3.63) is 29.2 Å². The SMILES string of the molecule is Cc1cc(C)n2ncc(C(O)NCC(F)F)c2n1. The lowest BCUT2D eigenvalue weighted by Gasteiger charge is -2.11. The summed E-state index contributed by atoms with van der Waals surface area (Å²) in [6.45, 7) is 3.10. The van der Waals surface area contributed by atoms with Gasteiger partial charge in [0, 0.05) is 11.4 Å². The van der Waals surface area contributed by atoms with Crippen LogP contribution in [0.15, 0.2) is 12.3 Å². The number of aliphatic hydroxyl groups excluding tert-OH is 1. The molecule has 2 aromatic heterocycles. The summed E-state index contributed by atoms with van der Waals surface area (Å²) in [5.74, 6) is 0. The highest BCUT2D eigenvalue weighted by molar-refractivity contribution is 5.48. The molecular formula is C11H14F2N4O. The van der Waals surface area contributed by atoms with Crippen molar-refractivity contribution in [3.8, 4) is 0 Å². The highest BCUT2D eigenvalue weighted by Crippen LogP contribution is 2.17. The van der Waals surface area contributed by atoms with Gasteiger partial charge in [0.25, 0.3) is 6.43 Å². The fourth-order valence-corrected chi connectivity index (χ4v) is 1.79. The number of alkyl halides is 2. The molecule has 2 aromatic rings. The second-order valence-corrected chi connectivity index (χ2v) is 4.08. The Balaban J connectivity index is 2.33. The molecule has 5 nitrogen and oxygen atoms in total. The summed E-state index contributed by atoms with van der Waals surface area (Å²) in [4.78, 5) is 4.26. The number of aliphatic hydroxyl groups is 1. The third-order valence-electron chi connectivity index (χ3n) is 2.57. The number of halogens is 2. The first-order chi connectivity index (χ1) is 8.49. The fraction of sp³-hybridized carbons (Fsp3) is 0.455. The Labute approximate surface area is 102 Å². The summed E-state index contributed by atoms with van der Waals surface area (Å²) < 4.78 is 25.7. The molecule has 18 heavy (non-hydrogen) atoms. The minimum Gasteiger partial charge on any atom is -0.374 e. The summed E-state index contributed by atoms with van der Waals surface area (Å²) in [5.41, 5.74) is 2.51. The van der Waals surface area contributed by atoms with Crippen molar-refractivity contribution in [1.29, 1.82) is 0 Å². The van der Waals surface area contributed by atoms with Crippen LogP contribution in [0.25, 0.3) is 5.65 Å². The Kier molecular flexibility index (Phi) is 3.53. The van der Waals surface area contributed by atoms with E-state index in [1.807, 2.05) is 19.9 Å². The largest absolute Gasteiger partial charge is 0.374 e. The summed E-state index contributed by atoms with van der Waals surface area (Å²) >= 11 is 0. The van der Waals surface area contributed by atoms with Gasteiger partial charge in [-0.2, -0.15) is 5.10 Å². The van der Waals surface area contributed by atoms with Gasteiger partial charge in [-0.25, -0.2) is 18.3 Å². The van der Waals surface area contributed by atoms with E-state index in [2.05, 4.69) is 15.4 Å². The molecule has 1 unspecified atom stereocenters. The highest BCUT2D eigenvalue weighted by atomic mass is 19.3. The third-order valence-corrected chi connectivity index (χ3v) is 2.57. The summed E-state index contributed by atoms with van der Waals surface area (Å²) in [7, 11) is 0. The van der Waals surface area contributed by atoms with Gasteiger partial charge in [-0.05, 0) is 19.9 Å². The van der Waals surface area contributed by atoms with E-state index in [1.54, 1.807) is 4.52 Å². The molecule has 0 radical (unpaired) electrons. The lowest BCUT2D eigenvalue weighted by molar-refractivity contribution is 0.0893. The Hall–Kier alpha value is -1.60. The number of aromatic nitrogens is 3. The van der Waals surface area contributed by atoms with E-state index in [0.717, 1.165) is 11.4 Å². The van der Waals surface area contributed by atoms with E-state index in [0.29, 0.717) is 11.2 Å². The molecule has 0 aliphatic rings. The molecule has 0 saturated heterocycles. The molecular weight excluding hydrogens is 242 g/mol. The number of rotatable bonds is 4. The molecule has 0 aliphatic heterocycles. The van der Waals surface area contributed by atoms with Gasteiger partial charge in [0.15, 0.2) is 5.65 Å². The van der Waals surface area contributed by atoms with E-state index < -0.39 is 19.2 Å². The quantitative estimate of drug-likeness (QED) is 0.807. The maximum absolute atomic E-state index is 12.1. The second-order valence-electron chi connectivity index (χ2n) is 4.08. The van der Waals surface area contributed by atoms with Crippen molar-refractivity contribution in [3.63, 3.8) is 0 Å². The second kappa shape index (κ2) is 4.95. The number of hydrogen-bond acceptors (Lipinski definition) is 4. The van der Waals surface area contributed by atoms with Gasteiger partial charge in [0.2, 0.25) is 0 Å². The molecule has 2 rings (SSSR count). The minimum absolute atomic E-state index is 0.391. The zero-order chi connectivity index (χ0) is 13.3. The van der Waals surface area contributed by atoms with Crippen LogP contribution in [-0.4, -0.2) is 32.7 Å². The Morgan fingerprint density at radius 2 is 2.17 bits per heavy atom. The molecule has 0 spiro atoms. The predicted octanol–water partition coefficient (Wildman–Crippen LogP) is 1.19. The maximum atomic E-state index is 12.1. The minimum atomic E-state index is -2.52. The Bertz CT molecular complexity index is 555. The molecule has 0 amide bonds. The van der Waals surface area contributed by atoms with Crippen molar-refractivity contribution in [2.45, 2.75) is 26.5 Å². The van der Waals surface area contributed by atoms with Crippen molar-refractivity contribution in [2.75, 3.05) is 6.54 Å². The molecule has 0 aromatic carbocycles. The van der Waals surface area contributed by atoms with Crippen LogP contribution in [0.5, 0.6) is 0 Å². The molecule has 2 heterocycles. The van der Waals surface area contributed by atoms with Gasteiger partial charge in [-0.3, -0.25) is 5.32 Å². The van der Waals surface area contributed by atoms with Crippen LogP contribution < -0.4 is 5.32 Å². The summed E-state index contributed by atoms with van der Waals surface area (Å²) in [6.07, 6.45) is -2.29. The molecule has 1 atom stereocenters. The fourth-order valence-electron chi connectivity index (χ4n) is 1.79. The van der Waals surface area contributed by atoms with E-state index in [4.69, 9.17) is 0 Å². The van der Waals surface area contributed by atoms with Crippen molar-refractivity contribution >= 4 is 5.65 Å². The highest BCUT2D eigenvalue weighted by Gasteiger charge is 2.17. The molecule has 0 aliphatic carbocycles. The number of fused-ring (bicyclic) bond motifs is 1. The van der Waals surface area contributed by atoms with Crippen LogP contribution in [0.3, 0.4) is 0 Å². The Morgan fingerprint density at radius 1 is 1.44 bits per heavy atom. The van der Waals surface area contributed by atoms with Gasteiger partial charge < -0.3 is 5.11 Å². The molecule has 98 valence electrons. The van der Waals surface area contributed by atoms with Gasteiger partial charge in [0.1, 0.15) is 6.23 Å². The van der Waals surface area contributed by atoms with E-state index in [9.17, 15) is 13.9 Å². The molecule has 7 heteroatoms. The van der Waals surface area contributed by atoms with Crippen LogP contribution in [0, 0.1) is 13.8 Å². The number of nitrogens with one attached hydrogen (secondary N) is 1. The van der Waals surface area contributed by atoms with Gasteiger partial charge >= 0.3 is 0 Å². The third kappa shape index (κ3) is 2.46. The van der Waals surface area contributed by atoms with E-state index in [1.165, 1.54) is 6.20 Å². The normalized spacial score (nSPS) is 13.4. The summed E-state index contributed by atoms with van der Waals surface area (Å²) in [6, 6.07) is 1.85. The smallest absolute Gasteiger partial charge is 0.250 e. The lowest BCUT2D eigenvalue weighted by atomic mass is 10.2. The first-order valence-corrected chi connectivity index (χ1v) is 5.50. The summed E-state index contributed by atoms with van der Waals surface area (Å²) in [5, 5.41) is 16.2. The van der Waals surface area contributed by atoms with Gasteiger partial charge in [-0.15, -0.1) is 0 Å². The van der Waals surface area contributed by atoms with Crippen LogP contribution in [0.2, 0.25) is 0 Å². The standard InChI is InChI=1S/C11H14F2N4O/c1-6-3-7(2)17-10(16-6)8(4-15-17)11(18)14-5-9(12)13/h3-4,9,11,14,18H,5H2,1-2H3. The monoisotopic (exact) mass is 256 g/mol. The maximum Gasteiger partial charge on any atom is 0.250 e. The average molecular weight is 256 g/mol. The van der Waals surface area contributed by atoms with Gasteiger partial charge in [-0.1, -0.05) is 0 Å². The van der Waals surface area contributed by atoms with Crippen LogP contribution in [0.4, 0.5) is 8.78 Å². The zero-order valence-electron chi connectivity index (χ0n) is 10.1. The van der Waals surface area contributed by atoms with Crippen molar-refractivity contribution in [1.82, 2.24) is 19.9 Å². The van der Waals surface area contributed by atoms with E-state index >= 15 is 0 Å². The zero-order valence-corrected chi connectivity index (χ0v) is 10.1. The lowest BCUT2D eigenvalue weighted by Crippen LogP contribution is -2.26. The first-order valence-electron chi connectivity index (χ1n) is 5.50. The molecule has 0 saturated carbocycles. The molecule has 0 fully saturated rings. The molecule has 0 bridgehead atoms. The number of nitrogens with zero attached hydrogens (tertiary/aromatic N) is 3. The Morgan fingerprint density at radius 3 is 2.83 bits per heavy atom. The predicted molar refractivity (Wildman–Crippen MR) is 61.4 cm³/mol. The number of aryl methyl sites for hydroxylation is 2. The first kappa shape index (κ1) is 12.8. The van der Waals surface area contributed by atoms with Crippen LogP contribution >= 0.6 is 0 Å². The molecule has 2 N–H and O–H groups in total. The number of hydrogen-bond donors (Lipinski definition) is 2. The van der Waals surface area contributed by atoms with Crippen molar-refractivity contribution < 1.29 is 13.9 Å². The topological polar surface area (TPSA) is 62.5 Å². The van der Waals surface area contributed by atoms with E-state index in [-0.39, 0.29) is 0 Å². The van der Waals surface area contributed by atoms with Crippen LogP contribution in [-0.2, 0) is 0 Å². The van der Waals surface area contributed by atoms with Crippen LogP contribution in [0.1, 0.15) is 23.2 Å². The van der Waals surface area contributed by atoms with Crippen molar-refractivity contribution in [2.24, 2.45) is 0 Å². The van der Waals surface area contributed by atoms with Gasteiger partial charge in [0.05, 0.1) is 18.3 Å².